The van der Waals surface area contributed by atoms with Crippen LogP contribution in [0.1, 0.15) is 38.0 Å². The number of ether oxygens (including phenoxy) is 1. The first kappa shape index (κ1) is 16.5. The van der Waals surface area contributed by atoms with Gasteiger partial charge in [0.15, 0.2) is 0 Å². The van der Waals surface area contributed by atoms with Crippen molar-refractivity contribution in [2.75, 3.05) is 18.4 Å². The third-order valence-corrected chi connectivity index (χ3v) is 3.23. The summed E-state index contributed by atoms with van der Waals surface area (Å²) >= 11 is 0. The highest BCUT2D eigenvalue weighted by Gasteiger charge is 2.23. The number of pyridine rings is 1. The zero-order valence-electron chi connectivity index (χ0n) is 13.1. The first-order valence-corrected chi connectivity index (χ1v) is 7.32. The Labute approximate surface area is 129 Å². The van der Waals surface area contributed by atoms with Gasteiger partial charge in [-0.3, -0.25) is 0 Å². The minimum atomic E-state index is -1.14. The molecular formula is C15H23N3O4. The lowest BCUT2D eigenvalue weighted by Gasteiger charge is -2.22. The zero-order valence-corrected chi connectivity index (χ0v) is 13.1. The monoisotopic (exact) mass is 309 g/mol. The Hall–Kier alpha value is -1.86. The van der Waals surface area contributed by atoms with Crippen LogP contribution in [0.15, 0.2) is 12.3 Å². The Balaban J connectivity index is 1.89. The number of anilines is 1. The van der Waals surface area contributed by atoms with Crippen molar-refractivity contribution in [3.05, 3.63) is 23.4 Å². The minimum Gasteiger partial charge on any atom is -0.444 e. The molecule has 0 radical (unpaired) electrons. The number of aliphatic hydroxyl groups is 2. The highest BCUT2D eigenvalue weighted by Crippen LogP contribution is 2.24. The van der Waals surface area contributed by atoms with Crippen LogP contribution in [0.4, 0.5) is 10.6 Å². The predicted octanol–water partition coefficient (Wildman–Crippen LogP) is 0.969. The summed E-state index contributed by atoms with van der Waals surface area (Å²) in [5, 5.41) is 25.7. The van der Waals surface area contributed by atoms with E-state index in [1.165, 1.54) is 6.20 Å². The molecule has 2 unspecified atom stereocenters. The number of alkyl carbamates (subject to hydrolysis) is 1. The van der Waals surface area contributed by atoms with Crippen molar-refractivity contribution in [3.8, 4) is 0 Å². The Morgan fingerprint density at radius 3 is 2.91 bits per heavy atom. The van der Waals surface area contributed by atoms with Crippen LogP contribution >= 0.6 is 0 Å². The van der Waals surface area contributed by atoms with Gasteiger partial charge in [-0.15, -0.1) is 0 Å². The number of rotatable bonds is 4. The molecule has 0 aliphatic carbocycles. The molecule has 1 amide bonds. The van der Waals surface area contributed by atoms with Crippen LogP contribution in [-0.2, 0) is 11.2 Å². The van der Waals surface area contributed by atoms with E-state index in [-0.39, 0.29) is 6.54 Å². The van der Waals surface area contributed by atoms with E-state index in [0.717, 1.165) is 24.3 Å². The Morgan fingerprint density at radius 2 is 2.23 bits per heavy atom. The SMILES string of the molecule is CC(C)(C)OC(=O)NCC(O)C(O)c1cnc2c(c1)CCN2. The fraction of sp³-hybridized carbons (Fsp3) is 0.600. The van der Waals surface area contributed by atoms with Crippen LogP contribution in [-0.4, -0.2) is 46.1 Å². The van der Waals surface area contributed by atoms with Crippen LogP contribution in [0, 0.1) is 0 Å². The van der Waals surface area contributed by atoms with Gasteiger partial charge >= 0.3 is 6.09 Å². The van der Waals surface area contributed by atoms with Gasteiger partial charge in [-0.1, -0.05) is 0 Å². The lowest BCUT2D eigenvalue weighted by molar-refractivity contribution is 0.0128. The molecule has 2 atom stereocenters. The first-order valence-electron chi connectivity index (χ1n) is 7.32. The maximum absolute atomic E-state index is 11.5. The molecule has 22 heavy (non-hydrogen) atoms. The second-order valence-corrected chi connectivity index (χ2v) is 6.35. The van der Waals surface area contributed by atoms with E-state index in [0.29, 0.717) is 5.56 Å². The maximum atomic E-state index is 11.5. The van der Waals surface area contributed by atoms with Crippen LogP contribution in [0.25, 0.3) is 0 Å². The van der Waals surface area contributed by atoms with Crippen molar-refractivity contribution in [1.29, 1.82) is 0 Å². The second-order valence-electron chi connectivity index (χ2n) is 6.35. The van der Waals surface area contributed by atoms with Gasteiger partial charge in [0.25, 0.3) is 0 Å². The van der Waals surface area contributed by atoms with Gasteiger partial charge in [0.2, 0.25) is 0 Å². The normalized spacial score (nSPS) is 16.4. The minimum absolute atomic E-state index is 0.106. The zero-order chi connectivity index (χ0) is 16.3. The summed E-state index contributed by atoms with van der Waals surface area (Å²) in [7, 11) is 0. The second kappa shape index (κ2) is 6.50. The lowest BCUT2D eigenvalue weighted by atomic mass is 10.0. The van der Waals surface area contributed by atoms with Crippen molar-refractivity contribution in [2.45, 2.75) is 45.0 Å². The molecule has 0 saturated heterocycles. The summed E-state index contributed by atoms with van der Waals surface area (Å²) < 4.78 is 5.07. The van der Waals surface area contributed by atoms with E-state index in [1.54, 1.807) is 20.8 Å². The van der Waals surface area contributed by atoms with Crippen molar-refractivity contribution in [1.82, 2.24) is 10.3 Å². The van der Waals surface area contributed by atoms with Gasteiger partial charge in [0.05, 0.1) is 0 Å². The molecule has 2 rings (SSSR count). The highest BCUT2D eigenvalue weighted by atomic mass is 16.6. The smallest absolute Gasteiger partial charge is 0.407 e. The van der Waals surface area contributed by atoms with Crippen molar-refractivity contribution in [2.24, 2.45) is 0 Å². The molecule has 1 aromatic heterocycles. The van der Waals surface area contributed by atoms with Crippen LogP contribution in [0.3, 0.4) is 0 Å². The molecule has 1 aliphatic rings. The number of nitrogens with one attached hydrogen (secondary N) is 2. The summed E-state index contributed by atoms with van der Waals surface area (Å²) in [6, 6.07) is 1.82. The molecule has 1 aliphatic heterocycles. The van der Waals surface area contributed by atoms with E-state index in [9.17, 15) is 15.0 Å². The molecular weight excluding hydrogens is 286 g/mol. The molecule has 7 heteroatoms. The Kier molecular flexibility index (Phi) is 4.87. The molecule has 0 aromatic carbocycles. The summed E-state index contributed by atoms with van der Waals surface area (Å²) in [6.45, 7) is 5.97. The fourth-order valence-electron chi connectivity index (χ4n) is 2.19. The van der Waals surface area contributed by atoms with E-state index in [2.05, 4.69) is 15.6 Å². The molecule has 0 saturated carbocycles. The topological polar surface area (TPSA) is 104 Å². The average molecular weight is 309 g/mol. The number of carbonyl (C=O) groups is 1. The van der Waals surface area contributed by atoms with Crippen LogP contribution in [0.2, 0.25) is 0 Å². The number of carbonyl (C=O) groups excluding carboxylic acids is 1. The number of hydrogen-bond acceptors (Lipinski definition) is 6. The van der Waals surface area contributed by atoms with E-state index in [1.807, 2.05) is 6.07 Å². The highest BCUT2D eigenvalue weighted by molar-refractivity contribution is 5.67. The summed E-state index contributed by atoms with van der Waals surface area (Å²) in [5.41, 5.74) is 0.940. The molecule has 4 N–H and O–H groups in total. The van der Waals surface area contributed by atoms with E-state index < -0.39 is 23.9 Å². The lowest BCUT2D eigenvalue weighted by Crippen LogP contribution is -2.38. The largest absolute Gasteiger partial charge is 0.444 e. The first-order chi connectivity index (χ1) is 10.3. The molecule has 0 spiro atoms. The third-order valence-electron chi connectivity index (χ3n) is 3.23. The number of aliphatic hydroxyl groups excluding tert-OH is 2. The van der Waals surface area contributed by atoms with Gasteiger partial charge in [0, 0.05) is 24.8 Å². The number of amides is 1. The maximum Gasteiger partial charge on any atom is 0.407 e. The number of hydrogen-bond donors (Lipinski definition) is 4. The van der Waals surface area contributed by atoms with Gasteiger partial charge in [-0.2, -0.15) is 0 Å². The molecule has 2 heterocycles. The summed E-state index contributed by atoms with van der Waals surface area (Å²) in [4.78, 5) is 15.7. The van der Waals surface area contributed by atoms with E-state index in [4.69, 9.17) is 4.74 Å². The van der Waals surface area contributed by atoms with Gasteiger partial charge in [-0.05, 0) is 38.8 Å². The van der Waals surface area contributed by atoms with E-state index >= 15 is 0 Å². The van der Waals surface area contributed by atoms with Gasteiger partial charge in [-0.25, -0.2) is 9.78 Å². The molecule has 0 bridgehead atoms. The molecule has 1 aromatic rings. The van der Waals surface area contributed by atoms with Crippen molar-refractivity contribution in [3.63, 3.8) is 0 Å². The Morgan fingerprint density at radius 1 is 1.50 bits per heavy atom. The third kappa shape index (κ3) is 4.32. The number of nitrogens with zero attached hydrogens (tertiary/aromatic N) is 1. The summed E-state index contributed by atoms with van der Waals surface area (Å²) in [5.74, 6) is 0.817. The fourth-order valence-corrected chi connectivity index (χ4v) is 2.19. The van der Waals surface area contributed by atoms with Crippen LogP contribution < -0.4 is 10.6 Å². The molecule has 122 valence electrons. The van der Waals surface area contributed by atoms with Gasteiger partial charge in [0.1, 0.15) is 23.6 Å². The predicted molar refractivity (Wildman–Crippen MR) is 81.6 cm³/mol. The molecule has 0 fully saturated rings. The standard InChI is InChI=1S/C15H23N3O4/c1-15(2,3)22-14(21)18-8-11(19)12(20)10-6-9-4-5-16-13(9)17-7-10/h6-7,11-12,19-20H,4-5,8H2,1-3H3,(H,16,17)(H,18,21). The quantitative estimate of drug-likeness (QED) is 0.661. The average Bonchev–Trinajstić information content (AvgIpc) is 2.89. The van der Waals surface area contributed by atoms with Crippen molar-refractivity contribution >= 4 is 11.9 Å². The number of fused-ring (bicyclic) bond motifs is 1. The number of aromatic nitrogens is 1. The van der Waals surface area contributed by atoms with Crippen molar-refractivity contribution < 1.29 is 19.7 Å². The Bertz CT molecular complexity index is 542. The molecule has 7 nitrogen and oxygen atoms in total. The van der Waals surface area contributed by atoms with Gasteiger partial charge < -0.3 is 25.6 Å². The summed E-state index contributed by atoms with van der Waals surface area (Å²) in [6.07, 6.45) is -0.515. The van der Waals surface area contributed by atoms with Crippen LogP contribution in [0.5, 0.6) is 0 Å².